The van der Waals surface area contributed by atoms with E-state index < -0.39 is 28.1 Å². The number of esters is 1. The van der Waals surface area contributed by atoms with E-state index in [1.807, 2.05) is 20.8 Å². The predicted molar refractivity (Wildman–Crippen MR) is 108 cm³/mol. The summed E-state index contributed by atoms with van der Waals surface area (Å²) in [7, 11) is 1.24. The fourth-order valence-electron chi connectivity index (χ4n) is 4.64. The van der Waals surface area contributed by atoms with Gasteiger partial charge in [0.1, 0.15) is 5.60 Å². The number of carbonyl (C=O) groups excluding carboxylic acids is 2. The highest BCUT2D eigenvalue weighted by Crippen LogP contribution is 2.51. The molecule has 1 N–H and O–H groups in total. The highest BCUT2D eigenvalue weighted by atomic mass is 16.6. The Bertz CT molecular complexity index is 868. The third-order valence-electron chi connectivity index (χ3n) is 6.19. The number of carbonyl (C=O) groups is 2. The van der Waals surface area contributed by atoms with E-state index in [4.69, 9.17) is 4.74 Å². The molecule has 1 unspecified atom stereocenters. The van der Waals surface area contributed by atoms with Gasteiger partial charge < -0.3 is 24.0 Å². The average molecular weight is 421 g/mol. The molecule has 1 aromatic rings. The molecule has 2 fully saturated rings. The molecule has 1 aliphatic heterocycles. The average Bonchev–Trinajstić information content (AvgIpc) is 3.14. The molecule has 2 aliphatic rings. The van der Waals surface area contributed by atoms with Gasteiger partial charge in [-0.25, -0.2) is 14.6 Å². The van der Waals surface area contributed by atoms with Crippen molar-refractivity contribution in [1.29, 1.82) is 0 Å². The Morgan fingerprint density at radius 1 is 1.23 bits per heavy atom. The Labute approximate surface area is 176 Å². The Morgan fingerprint density at radius 3 is 2.50 bits per heavy atom. The summed E-state index contributed by atoms with van der Waals surface area (Å²) in [5.41, 5.74) is -2.72. The molecule has 0 aromatic carbocycles. The fourth-order valence-corrected chi connectivity index (χ4v) is 4.64. The minimum Gasteiger partial charge on any atom is -0.464 e. The van der Waals surface area contributed by atoms with Crippen molar-refractivity contribution in [2.24, 2.45) is 5.41 Å². The van der Waals surface area contributed by atoms with Crippen LogP contribution in [0, 0.1) is 5.41 Å². The number of methoxy groups -OCH3 is 1. The molecule has 30 heavy (non-hydrogen) atoms. The van der Waals surface area contributed by atoms with Crippen LogP contribution in [-0.4, -0.2) is 63.0 Å². The maximum Gasteiger partial charge on any atom is 0.410 e. The zero-order chi connectivity index (χ0) is 22.2. The van der Waals surface area contributed by atoms with Crippen LogP contribution in [0.2, 0.25) is 0 Å². The van der Waals surface area contributed by atoms with Crippen molar-refractivity contribution in [3.05, 3.63) is 28.4 Å². The molecule has 0 radical (unpaired) electrons. The van der Waals surface area contributed by atoms with Gasteiger partial charge in [-0.1, -0.05) is 12.8 Å². The summed E-state index contributed by atoms with van der Waals surface area (Å²) in [4.78, 5) is 42.3. The minimum absolute atomic E-state index is 0.00682. The molecule has 2 heterocycles. The summed E-state index contributed by atoms with van der Waals surface area (Å²) in [6.45, 7) is 6.21. The molecule has 166 valence electrons. The molecule has 1 atom stereocenters. The van der Waals surface area contributed by atoms with E-state index in [1.165, 1.54) is 17.9 Å². The molecule has 0 bridgehead atoms. The quantitative estimate of drug-likeness (QED) is 0.743. The molecular weight excluding hydrogens is 390 g/mol. The normalized spacial score (nSPS) is 23.4. The molecule has 1 aliphatic carbocycles. The zero-order valence-corrected chi connectivity index (χ0v) is 18.1. The number of piperidine rings is 1. The van der Waals surface area contributed by atoms with Gasteiger partial charge in [0.05, 0.1) is 25.5 Å². The van der Waals surface area contributed by atoms with Crippen LogP contribution >= 0.6 is 0 Å². The molecule has 1 amide bonds. The first-order valence-electron chi connectivity index (χ1n) is 10.3. The number of nitrogens with zero attached hydrogens (tertiary/aromatic N) is 3. The lowest BCUT2D eigenvalue weighted by atomic mass is 9.66. The molecule has 9 nitrogen and oxygen atoms in total. The zero-order valence-electron chi connectivity index (χ0n) is 18.1. The number of aromatic nitrogens is 2. The number of rotatable bonds is 3. The van der Waals surface area contributed by atoms with Gasteiger partial charge in [-0.2, -0.15) is 0 Å². The van der Waals surface area contributed by atoms with E-state index in [2.05, 4.69) is 9.72 Å². The second kappa shape index (κ2) is 8.02. The molecule has 1 saturated heterocycles. The lowest BCUT2D eigenvalue weighted by molar-refractivity contribution is -0.140. The van der Waals surface area contributed by atoms with Gasteiger partial charge in [0, 0.05) is 24.7 Å². The van der Waals surface area contributed by atoms with Crippen LogP contribution in [0.3, 0.4) is 0 Å². The van der Waals surface area contributed by atoms with Gasteiger partial charge in [0.15, 0.2) is 5.69 Å². The maximum absolute atomic E-state index is 12.6. The van der Waals surface area contributed by atoms with Crippen LogP contribution in [0.15, 0.2) is 17.2 Å². The van der Waals surface area contributed by atoms with Crippen molar-refractivity contribution in [3.63, 3.8) is 0 Å². The highest BCUT2D eigenvalue weighted by molar-refractivity contribution is 5.86. The highest BCUT2D eigenvalue weighted by Gasteiger charge is 2.56. The number of aliphatic hydroxyl groups is 1. The van der Waals surface area contributed by atoms with Crippen molar-refractivity contribution in [1.82, 2.24) is 14.5 Å². The smallest absolute Gasteiger partial charge is 0.410 e. The van der Waals surface area contributed by atoms with Crippen LogP contribution in [0.5, 0.6) is 0 Å². The lowest BCUT2D eigenvalue weighted by Crippen LogP contribution is -2.62. The summed E-state index contributed by atoms with van der Waals surface area (Å²) >= 11 is 0. The van der Waals surface area contributed by atoms with Crippen LogP contribution in [-0.2, 0) is 16.0 Å². The fraction of sp³-hybridized carbons (Fsp3) is 0.714. The van der Waals surface area contributed by atoms with E-state index in [0.717, 1.165) is 31.9 Å². The third kappa shape index (κ3) is 4.35. The molecule has 1 spiro atoms. The Morgan fingerprint density at radius 2 is 1.90 bits per heavy atom. The van der Waals surface area contributed by atoms with Crippen LogP contribution in [0.25, 0.3) is 0 Å². The number of hydrogen-bond donors (Lipinski definition) is 1. The summed E-state index contributed by atoms with van der Waals surface area (Å²) in [6.07, 6.45) is 5.73. The van der Waals surface area contributed by atoms with Crippen LogP contribution in [0.4, 0.5) is 4.79 Å². The van der Waals surface area contributed by atoms with E-state index in [0.29, 0.717) is 19.5 Å². The van der Waals surface area contributed by atoms with Gasteiger partial charge in [-0.3, -0.25) is 4.79 Å². The van der Waals surface area contributed by atoms with Gasteiger partial charge in [0.25, 0.3) is 5.56 Å². The SMILES string of the molecule is COC(=O)c1cn(CC2(O)CCN(C(=O)OC(C)(C)C)CC23CCCC3)c(=O)cn1. The Hall–Kier alpha value is -2.42. The molecule has 3 rings (SSSR count). The summed E-state index contributed by atoms with van der Waals surface area (Å²) in [5.74, 6) is -0.647. The maximum atomic E-state index is 12.6. The van der Waals surface area contributed by atoms with Gasteiger partial charge in [0.2, 0.25) is 0 Å². The standard InChI is InChI=1S/C21H31N3O6/c1-19(2,3)30-18(27)23-10-9-21(28,20(13-23)7-5-6-8-20)14-24-12-15(17(26)29-4)22-11-16(24)25/h11-12,28H,5-10,13-14H2,1-4H3. The molecule has 9 heteroatoms. The van der Waals surface area contributed by atoms with Crippen molar-refractivity contribution in [3.8, 4) is 0 Å². The van der Waals surface area contributed by atoms with Gasteiger partial charge in [-0.05, 0) is 40.0 Å². The summed E-state index contributed by atoms with van der Waals surface area (Å²) in [5, 5.41) is 11.7. The summed E-state index contributed by atoms with van der Waals surface area (Å²) < 4.78 is 11.5. The van der Waals surface area contributed by atoms with Crippen molar-refractivity contribution < 1.29 is 24.2 Å². The van der Waals surface area contributed by atoms with E-state index in [1.54, 1.807) is 4.90 Å². The van der Waals surface area contributed by atoms with E-state index >= 15 is 0 Å². The number of ether oxygens (including phenoxy) is 2. The largest absolute Gasteiger partial charge is 0.464 e. The second-order valence-electron chi connectivity index (χ2n) is 9.40. The van der Waals surface area contributed by atoms with Crippen LogP contribution in [0.1, 0.15) is 63.4 Å². The topological polar surface area (TPSA) is 111 Å². The molecule has 1 aromatic heterocycles. The predicted octanol–water partition coefficient (Wildman–Crippen LogP) is 1.96. The first-order chi connectivity index (χ1) is 14.0. The van der Waals surface area contributed by atoms with Crippen molar-refractivity contribution in [2.75, 3.05) is 20.2 Å². The van der Waals surface area contributed by atoms with E-state index in [-0.39, 0.29) is 18.3 Å². The number of amides is 1. The third-order valence-corrected chi connectivity index (χ3v) is 6.19. The monoisotopic (exact) mass is 421 g/mol. The second-order valence-corrected chi connectivity index (χ2v) is 9.40. The first kappa shape index (κ1) is 22.3. The van der Waals surface area contributed by atoms with Gasteiger partial charge >= 0.3 is 12.1 Å². The summed E-state index contributed by atoms with van der Waals surface area (Å²) in [6, 6.07) is 0. The number of hydrogen-bond acceptors (Lipinski definition) is 7. The van der Waals surface area contributed by atoms with Crippen LogP contribution < -0.4 is 5.56 Å². The lowest BCUT2D eigenvalue weighted by Gasteiger charge is -2.52. The Balaban J connectivity index is 1.87. The van der Waals surface area contributed by atoms with Crippen molar-refractivity contribution >= 4 is 12.1 Å². The number of likely N-dealkylation sites (tertiary alicyclic amines) is 1. The van der Waals surface area contributed by atoms with Gasteiger partial charge in [-0.15, -0.1) is 0 Å². The Kier molecular flexibility index (Phi) is 5.95. The van der Waals surface area contributed by atoms with Crippen molar-refractivity contribution in [2.45, 2.75) is 70.6 Å². The van der Waals surface area contributed by atoms with E-state index in [9.17, 15) is 19.5 Å². The molecular formula is C21H31N3O6. The first-order valence-corrected chi connectivity index (χ1v) is 10.3. The molecule has 1 saturated carbocycles. The minimum atomic E-state index is -1.19.